The Hall–Kier alpha value is -2.56. The molecule has 0 atom stereocenters. The van der Waals surface area contributed by atoms with Crippen LogP contribution in [-0.2, 0) is 6.61 Å². The molecule has 0 aliphatic heterocycles. The average molecular weight is 245 g/mol. The molecule has 2 N–H and O–H groups in total. The highest BCUT2D eigenvalue weighted by Gasteiger charge is 2.10. The largest absolute Gasteiger partial charge is 0.507 e. The van der Waals surface area contributed by atoms with Crippen molar-refractivity contribution < 1.29 is 19.7 Å². The summed E-state index contributed by atoms with van der Waals surface area (Å²) in [6, 6.07) is 7.73. The van der Waals surface area contributed by atoms with Gasteiger partial charge in [-0.3, -0.25) is 4.98 Å². The van der Waals surface area contributed by atoms with Gasteiger partial charge in [0.25, 0.3) is 0 Å². The van der Waals surface area contributed by atoms with Gasteiger partial charge >= 0.3 is 5.97 Å². The van der Waals surface area contributed by atoms with Crippen LogP contribution >= 0.6 is 0 Å². The highest BCUT2D eigenvalue weighted by molar-refractivity contribution is 5.91. The van der Waals surface area contributed by atoms with Crippen LogP contribution in [0.2, 0.25) is 0 Å². The lowest BCUT2D eigenvalue weighted by molar-refractivity contribution is 0.0693. The van der Waals surface area contributed by atoms with Crippen molar-refractivity contribution in [1.29, 1.82) is 0 Å². The van der Waals surface area contributed by atoms with Crippen LogP contribution in [0.15, 0.2) is 42.7 Å². The van der Waals surface area contributed by atoms with Crippen LogP contribution in [0.3, 0.4) is 0 Å². The number of aromatic carboxylic acids is 1. The SMILES string of the molecule is O=C(O)c1cc(OCc2cccnc2)ccc1O. The Bertz CT molecular complexity index is 554. The van der Waals surface area contributed by atoms with Crippen molar-refractivity contribution in [1.82, 2.24) is 4.98 Å². The zero-order valence-electron chi connectivity index (χ0n) is 9.41. The predicted molar refractivity (Wildman–Crippen MR) is 63.6 cm³/mol. The van der Waals surface area contributed by atoms with Crippen molar-refractivity contribution in [2.24, 2.45) is 0 Å². The number of carboxylic acid groups (broad SMARTS) is 1. The lowest BCUT2D eigenvalue weighted by atomic mass is 10.2. The van der Waals surface area contributed by atoms with E-state index in [1.807, 2.05) is 6.07 Å². The topological polar surface area (TPSA) is 79.7 Å². The number of ether oxygens (including phenoxy) is 1. The first-order valence-electron chi connectivity index (χ1n) is 5.25. The molecule has 92 valence electrons. The van der Waals surface area contributed by atoms with Gasteiger partial charge in [-0.1, -0.05) is 6.07 Å². The van der Waals surface area contributed by atoms with E-state index in [0.29, 0.717) is 5.75 Å². The molecule has 0 unspecified atom stereocenters. The first kappa shape index (κ1) is 11.9. The zero-order chi connectivity index (χ0) is 13.0. The Labute approximate surface area is 103 Å². The number of aromatic nitrogens is 1. The minimum Gasteiger partial charge on any atom is -0.507 e. The molecule has 1 heterocycles. The van der Waals surface area contributed by atoms with Gasteiger partial charge in [-0.15, -0.1) is 0 Å². The number of hydrogen-bond acceptors (Lipinski definition) is 4. The third-order valence-corrected chi connectivity index (χ3v) is 2.33. The second-order valence-electron chi connectivity index (χ2n) is 3.63. The number of nitrogens with zero attached hydrogens (tertiary/aromatic N) is 1. The summed E-state index contributed by atoms with van der Waals surface area (Å²) in [5.41, 5.74) is 0.695. The standard InChI is InChI=1S/C13H11NO4/c15-12-4-3-10(6-11(12)13(16)17)18-8-9-2-1-5-14-7-9/h1-7,15H,8H2,(H,16,17). The third kappa shape index (κ3) is 2.76. The second kappa shape index (κ2) is 5.18. The summed E-state index contributed by atoms with van der Waals surface area (Å²) in [4.78, 5) is 14.8. The molecule has 0 radical (unpaired) electrons. The number of benzene rings is 1. The molecule has 5 nitrogen and oxygen atoms in total. The summed E-state index contributed by atoms with van der Waals surface area (Å²) < 4.78 is 5.42. The molecule has 2 rings (SSSR count). The highest BCUT2D eigenvalue weighted by Crippen LogP contribution is 2.23. The van der Waals surface area contributed by atoms with Gasteiger partial charge in [0, 0.05) is 18.0 Å². The maximum absolute atomic E-state index is 10.8. The van der Waals surface area contributed by atoms with E-state index in [2.05, 4.69) is 4.98 Å². The van der Waals surface area contributed by atoms with E-state index < -0.39 is 5.97 Å². The van der Waals surface area contributed by atoms with E-state index in [4.69, 9.17) is 9.84 Å². The molecule has 1 aromatic carbocycles. The second-order valence-corrected chi connectivity index (χ2v) is 3.63. The molecule has 0 saturated heterocycles. The van der Waals surface area contributed by atoms with E-state index >= 15 is 0 Å². The van der Waals surface area contributed by atoms with E-state index in [1.54, 1.807) is 18.5 Å². The fourth-order valence-electron chi connectivity index (χ4n) is 1.43. The first-order valence-corrected chi connectivity index (χ1v) is 5.25. The van der Waals surface area contributed by atoms with Crippen LogP contribution in [0.25, 0.3) is 0 Å². The van der Waals surface area contributed by atoms with Crippen molar-refractivity contribution in [3.05, 3.63) is 53.9 Å². The molecular formula is C13H11NO4. The molecule has 5 heteroatoms. The fourth-order valence-corrected chi connectivity index (χ4v) is 1.43. The van der Waals surface area contributed by atoms with Gasteiger partial charge in [0.05, 0.1) is 0 Å². The normalized spacial score (nSPS) is 10.0. The van der Waals surface area contributed by atoms with E-state index in [9.17, 15) is 9.90 Å². The van der Waals surface area contributed by atoms with Gasteiger partial charge in [-0.25, -0.2) is 4.79 Å². The van der Waals surface area contributed by atoms with Gasteiger partial charge < -0.3 is 14.9 Å². The maximum Gasteiger partial charge on any atom is 0.339 e. The Kier molecular flexibility index (Phi) is 3.43. The fraction of sp³-hybridized carbons (Fsp3) is 0.0769. The summed E-state index contributed by atoms with van der Waals surface area (Å²) in [7, 11) is 0. The van der Waals surface area contributed by atoms with Gasteiger partial charge in [0.2, 0.25) is 0 Å². The molecule has 0 amide bonds. The number of carbonyl (C=O) groups is 1. The monoisotopic (exact) mass is 245 g/mol. The van der Waals surface area contributed by atoms with Crippen LogP contribution in [-0.4, -0.2) is 21.2 Å². The number of pyridine rings is 1. The van der Waals surface area contributed by atoms with Crippen LogP contribution < -0.4 is 4.74 Å². The molecule has 0 spiro atoms. The maximum atomic E-state index is 10.8. The average Bonchev–Trinajstić information content (AvgIpc) is 2.38. The number of hydrogen-bond donors (Lipinski definition) is 2. The Morgan fingerprint density at radius 2 is 2.17 bits per heavy atom. The molecule has 0 saturated carbocycles. The smallest absolute Gasteiger partial charge is 0.339 e. The van der Waals surface area contributed by atoms with Gasteiger partial charge in [0.1, 0.15) is 23.7 Å². The number of phenols is 1. The Morgan fingerprint density at radius 1 is 1.33 bits per heavy atom. The van der Waals surface area contributed by atoms with E-state index in [1.165, 1.54) is 18.2 Å². The first-order chi connectivity index (χ1) is 8.66. The van der Waals surface area contributed by atoms with Crippen molar-refractivity contribution >= 4 is 5.97 Å². The molecule has 18 heavy (non-hydrogen) atoms. The summed E-state index contributed by atoms with van der Waals surface area (Å²) in [6.07, 6.45) is 3.32. The zero-order valence-corrected chi connectivity index (χ0v) is 9.41. The molecule has 0 fully saturated rings. The molecule has 2 aromatic rings. The number of rotatable bonds is 4. The Balaban J connectivity index is 2.11. The minimum absolute atomic E-state index is 0.182. The van der Waals surface area contributed by atoms with Crippen LogP contribution in [0.1, 0.15) is 15.9 Å². The third-order valence-electron chi connectivity index (χ3n) is 2.33. The van der Waals surface area contributed by atoms with Crippen molar-refractivity contribution in [2.75, 3.05) is 0 Å². The number of aromatic hydroxyl groups is 1. The van der Waals surface area contributed by atoms with Crippen LogP contribution in [0.5, 0.6) is 11.5 Å². The Morgan fingerprint density at radius 3 is 2.83 bits per heavy atom. The molecule has 0 aliphatic rings. The number of carboxylic acids is 1. The quantitative estimate of drug-likeness (QED) is 0.861. The van der Waals surface area contributed by atoms with Crippen LogP contribution in [0, 0.1) is 0 Å². The minimum atomic E-state index is -1.20. The van der Waals surface area contributed by atoms with E-state index in [0.717, 1.165) is 5.56 Å². The summed E-state index contributed by atoms with van der Waals surface area (Å²) >= 11 is 0. The highest BCUT2D eigenvalue weighted by atomic mass is 16.5. The lowest BCUT2D eigenvalue weighted by Crippen LogP contribution is -2.00. The summed E-state index contributed by atoms with van der Waals surface area (Å²) in [5.74, 6) is -1.09. The van der Waals surface area contributed by atoms with Crippen molar-refractivity contribution in [3.63, 3.8) is 0 Å². The van der Waals surface area contributed by atoms with Crippen molar-refractivity contribution in [2.45, 2.75) is 6.61 Å². The van der Waals surface area contributed by atoms with Crippen molar-refractivity contribution in [3.8, 4) is 11.5 Å². The van der Waals surface area contributed by atoms with E-state index in [-0.39, 0.29) is 17.9 Å². The van der Waals surface area contributed by atoms with Gasteiger partial charge in [-0.05, 0) is 24.3 Å². The molecule has 0 bridgehead atoms. The lowest BCUT2D eigenvalue weighted by Gasteiger charge is -2.07. The molecule has 1 aromatic heterocycles. The molecular weight excluding hydrogens is 234 g/mol. The van der Waals surface area contributed by atoms with Crippen LogP contribution in [0.4, 0.5) is 0 Å². The van der Waals surface area contributed by atoms with Gasteiger partial charge in [-0.2, -0.15) is 0 Å². The summed E-state index contributed by atoms with van der Waals surface area (Å²) in [5, 5.41) is 18.2. The summed E-state index contributed by atoms with van der Waals surface area (Å²) in [6.45, 7) is 0.289. The predicted octanol–water partition coefficient (Wildman–Crippen LogP) is 2.06. The molecule has 0 aliphatic carbocycles. The van der Waals surface area contributed by atoms with Gasteiger partial charge in [0.15, 0.2) is 0 Å².